The van der Waals surface area contributed by atoms with Gasteiger partial charge in [0, 0.05) is 5.56 Å². The van der Waals surface area contributed by atoms with Crippen LogP contribution in [0.15, 0.2) is 78.9 Å². The van der Waals surface area contributed by atoms with Gasteiger partial charge in [-0.2, -0.15) is 0 Å². The molecule has 0 heterocycles. The van der Waals surface area contributed by atoms with Gasteiger partial charge >= 0.3 is 0 Å². The highest BCUT2D eigenvalue weighted by Gasteiger charge is 2.08. The lowest BCUT2D eigenvalue weighted by molar-refractivity contribution is -0.123. The zero-order chi connectivity index (χ0) is 21.2. The van der Waals surface area contributed by atoms with E-state index in [-0.39, 0.29) is 12.5 Å². The van der Waals surface area contributed by atoms with Crippen LogP contribution >= 0.6 is 0 Å². The Hall–Kier alpha value is -3.80. The fraction of sp³-hybridized carbons (Fsp3) is 0.167. The van der Waals surface area contributed by atoms with E-state index in [4.69, 9.17) is 9.47 Å². The molecule has 3 aromatic rings. The maximum Gasteiger partial charge on any atom is 0.276 e. The number of carbonyl (C=O) groups is 2. The second-order valence-electron chi connectivity index (χ2n) is 6.59. The summed E-state index contributed by atoms with van der Waals surface area (Å²) in [6.07, 6.45) is 0.899. The fourth-order valence-corrected chi connectivity index (χ4v) is 2.65. The van der Waals surface area contributed by atoms with Crippen LogP contribution in [0, 0.1) is 0 Å². The maximum atomic E-state index is 12.0. The number of hydrogen-bond acceptors (Lipinski definition) is 4. The molecule has 3 aromatic carbocycles. The molecule has 0 saturated carbocycles. The minimum atomic E-state index is -0.460. The molecule has 154 valence electrons. The lowest BCUT2D eigenvalue weighted by atomic mass is 10.1. The molecule has 0 aliphatic rings. The third-order valence-electron chi connectivity index (χ3n) is 4.38. The molecule has 0 spiro atoms. The average Bonchev–Trinajstić information content (AvgIpc) is 2.81. The molecule has 2 N–H and O–H groups in total. The number of benzene rings is 3. The van der Waals surface area contributed by atoms with E-state index in [2.05, 4.69) is 10.9 Å². The Bertz CT molecular complexity index is 955. The summed E-state index contributed by atoms with van der Waals surface area (Å²) in [7, 11) is 0. The van der Waals surface area contributed by atoms with Crippen LogP contribution in [0.2, 0.25) is 0 Å². The average molecular weight is 404 g/mol. The summed E-state index contributed by atoms with van der Waals surface area (Å²) in [4.78, 5) is 23.9. The van der Waals surface area contributed by atoms with Gasteiger partial charge in [0.05, 0.1) is 0 Å². The molecule has 0 aliphatic heterocycles. The molecule has 0 unspecified atom stereocenters. The summed E-state index contributed by atoms with van der Waals surface area (Å²) in [5.41, 5.74) is 7.41. The Labute approximate surface area is 175 Å². The molecule has 6 heteroatoms. The highest BCUT2D eigenvalue weighted by molar-refractivity contribution is 5.95. The van der Waals surface area contributed by atoms with Crippen molar-refractivity contribution in [3.05, 3.63) is 95.6 Å². The van der Waals surface area contributed by atoms with E-state index in [0.29, 0.717) is 23.7 Å². The van der Waals surface area contributed by atoms with Crippen molar-refractivity contribution in [2.75, 3.05) is 6.61 Å². The monoisotopic (exact) mass is 404 g/mol. The first-order valence-electron chi connectivity index (χ1n) is 9.72. The number of amides is 2. The number of hydrogen-bond donors (Lipinski definition) is 2. The number of hydrazine groups is 1. The van der Waals surface area contributed by atoms with E-state index in [0.717, 1.165) is 17.5 Å². The van der Waals surface area contributed by atoms with E-state index < -0.39 is 5.91 Å². The number of aryl methyl sites for hydroxylation is 1. The smallest absolute Gasteiger partial charge is 0.276 e. The Morgan fingerprint density at radius 2 is 1.37 bits per heavy atom. The fourth-order valence-electron chi connectivity index (χ4n) is 2.65. The van der Waals surface area contributed by atoms with Gasteiger partial charge in [-0.05, 0) is 53.9 Å². The molecular weight excluding hydrogens is 380 g/mol. The van der Waals surface area contributed by atoms with Gasteiger partial charge in [0.1, 0.15) is 18.1 Å². The molecule has 0 aliphatic carbocycles. The van der Waals surface area contributed by atoms with Gasteiger partial charge in [-0.25, -0.2) is 0 Å². The maximum absolute atomic E-state index is 12.0. The number of ether oxygens (including phenoxy) is 2. The van der Waals surface area contributed by atoms with E-state index >= 15 is 0 Å². The quantitative estimate of drug-likeness (QED) is 0.562. The third kappa shape index (κ3) is 6.38. The number of carbonyl (C=O) groups excluding carboxylic acids is 2. The molecule has 6 nitrogen and oxygen atoms in total. The first kappa shape index (κ1) is 20.9. The minimum absolute atomic E-state index is 0.223. The summed E-state index contributed by atoms with van der Waals surface area (Å²) in [5.74, 6) is 0.388. The van der Waals surface area contributed by atoms with E-state index in [1.807, 2.05) is 49.4 Å². The van der Waals surface area contributed by atoms with Crippen LogP contribution < -0.4 is 20.3 Å². The first-order valence-corrected chi connectivity index (χ1v) is 9.72. The molecule has 0 fully saturated rings. The first-order chi connectivity index (χ1) is 14.6. The van der Waals surface area contributed by atoms with Gasteiger partial charge in [0.25, 0.3) is 11.8 Å². The van der Waals surface area contributed by atoms with Crippen molar-refractivity contribution in [2.45, 2.75) is 20.0 Å². The molecular formula is C24H24N2O4. The molecule has 0 radical (unpaired) electrons. The van der Waals surface area contributed by atoms with Crippen LogP contribution in [0.3, 0.4) is 0 Å². The molecule has 0 saturated heterocycles. The van der Waals surface area contributed by atoms with Gasteiger partial charge in [-0.3, -0.25) is 20.4 Å². The van der Waals surface area contributed by atoms with Crippen LogP contribution in [-0.2, 0) is 17.8 Å². The second kappa shape index (κ2) is 10.7. The molecule has 30 heavy (non-hydrogen) atoms. The molecule has 0 atom stereocenters. The van der Waals surface area contributed by atoms with Crippen LogP contribution in [0.4, 0.5) is 0 Å². The zero-order valence-corrected chi connectivity index (χ0v) is 16.8. The Balaban J connectivity index is 1.39. The standard InChI is InChI=1S/C24H24N2O4/c1-2-18-8-10-20(11-9-18)24(28)26-25-23(27)17-30-22-14-12-21(13-15-22)29-16-19-6-4-3-5-7-19/h3-15H,2,16-17H2,1H3,(H,25,27)(H,26,28). The van der Waals surface area contributed by atoms with Crippen LogP contribution in [0.1, 0.15) is 28.4 Å². The van der Waals surface area contributed by atoms with Crippen LogP contribution in [0.25, 0.3) is 0 Å². The highest BCUT2D eigenvalue weighted by atomic mass is 16.5. The predicted molar refractivity (Wildman–Crippen MR) is 114 cm³/mol. The Morgan fingerprint density at radius 1 is 0.733 bits per heavy atom. The summed E-state index contributed by atoms with van der Waals surface area (Å²) >= 11 is 0. The zero-order valence-electron chi connectivity index (χ0n) is 16.8. The van der Waals surface area contributed by atoms with Gasteiger partial charge in [0.2, 0.25) is 0 Å². The van der Waals surface area contributed by atoms with Gasteiger partial charge in [-0.1, -0.05) is 49.4 Å². The molecule has 3 rings (SSSR count). The van der Waals surface area contributed by atoms with Gasteiger partial charge < -0.3 is 9.47 Å². The van der Waals surface area contributed by atoms with Crippen molar-refractivity contribution in [1.29, 1.82) is 0 Å². The molecule has 2 amide bonds. The highest BCUT2D eigenvalue weighted by Crippen LogP contribution is 2.18. The topological polar surface area (TPSA) is 76.7 Å². The number of nitrogens with one attached hydrogen (secondary N) is 2. The van der Waals surface area contributed by atoms with Crippen molar-refractivity contribution >= 4 is 11.8 Å². The minimum Gasteiger partial charge on any atom is -0.489 e. The van der Waals surface area contributed by atoms with E-state index in [1.54, 1.807) is 36.4 Å². The molecule has 0 aromatic heterocycles. The predicted octanol–water partition coefficient (Wildman–Crippen LogP) is 3.67. The number of rotatable bonds is 8. The molecule has 0 bridgehead atoms. The van der Waals surface area contributed by atoms with E-state index in [9.17, 15) is 9.59 Å². The SMILES string of the molecule is CCc1ccc(C(=O)NNC(=O)COc2ccc(OCc3ccccc3)cc2)cc1. The van der Waals surface area contributed by atoms with E-state index in [1.165, 1.54) is 0 Å². The van der Waals surface area contributed by atoms with Crippen LogP contribution in [-0.4, -0.2) is 18.4 Å². The van der Waals surface area contributed by atoms with Crippen molar-refractivity contribution in [2.24, 2.45) is 0 Å². The van der Waals surface area contributed by atoms with Crippen LogP contribution in [0.5, 0.6) is 11.5 Å². The van der Waals surface area contributed by atoms with Crippen molar-refractivity contribution < 1.29 is 19.1 Å². The summed E-state index contributed by atoms with van der Waals surface area (Å²) in [6, 6.07) is 24.1. The van der Waals surface area contributed by atoms with Crippen molar-refractivity contribution in [1.82, 2.24) is 10.9 Å². The normalized spacial score (nSPS) is 10.2. The van der Waals surface area contributed by atoms with Gasteiger partial charge in [0.15, 0.2) is 6.61 Å². The van der Waals surface area contributed by atoms with Crippen molar-refractivity contribution in [3.63, 3.8) is 0 Å². The summed E-state index contributed by atoms with van der Waals surface area (Å²) in [5, 5.41) is 0. The lowest BCUT2D eigenvalue weighted by Crippen LogP contribution is -2.43. The van der Waals surface area contributed by atoms with Crippen molar-refractivity contribution in [3.8, 4) is 11.5 Å². The third-order valence-corrected chi connectivity index (χ3v) is 4.38. The summed E-state index contributed by atoms with van der Waals surface area (Å²) in [6.45, 7) is 2.30. The second-order valence-corrected chi connectivity index (χ2v) is 6.59. The Kier molecular flexibility index (Phi) is 7.44. The summed E-state index contributed by atoms with van der Waals surface area (Å²) < 4.78 is 11.1. The largest absolute Gasteiger partial charge is 0.489 e. The Morgan fingerprint density at radius 3 is 2.00 bits per heavy atom. The lowest BCUT2D eigenvalue weighted by Gasteiger charge is -2.10. The van der Waals surface area contributed by atoms with Gasteiger partial charge in [-0.15, -0.1) is 0 Å².